The third-order valence-electron chi connectivity index (χ3n) is 5.33. The van der Waals surface area contributed by atoms with Crippen LogP contribution in [0.15, 0.2) is 54.6 Å². The molecule has 0 saturated carbocycles. The van der Waals surface area contributed by atoms with Gasteiger partial charge < -0.3 is 24.9 Å². The third kappa shape index (κ3) is 5.58. The second kappa shape index (κ2) is 9.88. The average Bonchev–Trinajstić information content (AvgIpc) is 3.16. The van der Waals surface area contributed by atoms with Crippen molar-refractivity contribution in [2.45, 2.75) is 6.10 Å². The first-order chi connectivity index (χ1) is 16.2. The number of rotatable bonds is 10. The van der Waals surface area contributed by atoms with Crippen molar-refractivity contribution >= 4 is 37.5 Å². The molecule has 4 aromatic rings. The van der Waals surface area contributed by atoms with Crippen molar-refractivity contribution in [2.75, 3.05) is 37.8 Å². The number of aliphatic hydroxyl groups is 1. The molecular weight excluding hydrogens is 461 g/mol. The Hall–Kier alpha value is -3.34. The number of ether oxygens (including phenoxy) is 2. The predicted octanol–water partition coefficient (Wildman–Crippen LogP) is 3.54. The van der Waals surface area contributed by atoms with Gasteiger partial charge in [-0.05, 0) is 42.0 Å². The zero-order valence-electron chi connectivity index (χ0n) is 18.8. The van der Waals surface area contributed by atoms with E-state index in [2.05, 4.69) is 15.0 Å². The summed E-state index contributed by atoms with van der Waals surface area (Å²) < 4.78 is 49.8. The molecule has 3 aromatic carbocycles. The minimum Gasteiger partial charge on any atom is -0.497 e. The van der Waals surface area contributed by atoms with Gasteiger partial charge in [-0.1, -0.05) is 6.07 Å². The highest BCUT2D eigenvalue weighted by atomic mass is 32.2. The van der Waals surface area contributed by atoms with Gasteiger partial charge in [0.15, 0.2) is 0 Å². The molecule has 10 heteroatoms. The summed E-state index contributed by atoms with van der Waals surface area (Å²) in [6.45, 7) is 1.03. The van der Waals surface area contributed by atoms with Crippen LogP contribution in [-0.4, -0.2) is 51.6 Å². The topological polar surface area (TPSA) is 113 Å². The molecule has 0 bridgehead atoms. The van der Waals surface area contributed by atoms with Crippen LogP contribution in [-0.2, 0) is 10.0 Å². The summed E-state index contributed by atoms with van der Waals surface area (Å²) in [4.78, 5) is 3.37. The van der Waals surface area contributed by atoms with Crippen molar-refractivity contribution in [3.05, 3.63) is 66.0 Å². The van der Waals surface area contributed by atoms with Crippen molar-refractivity contribution < 1.29 is 27.4 Å². The van der Waals surface area contributed by atoms with Crippen LogP contribution in [0.2, 0.25) is 0 Å². The van der Waals surface area contributed by atoms with E-state index < -0.39 is 21.9 Å². The van der Waals surface area contributed by atoms with Gasteiger partial charge in [0, 0.05) is 36.0 Å². The Morgan fingerprint density at radius 3 is 2.38 bits per heavy atom. The van der Waals surface area contributed by atoms with Gasteiger partial charge in [-0.15, -0.1) is 0 Å². The lowest BCUT2D eigenvalue weighted by Gasteiger charge is -2.14. The van der Waals surface area contributed by atoms with E-state index in [1.165, 1.54) is 12.1 Å². The number of aliphatic hydroxyl groups excluding tert-OH is 1. The maximum absolute atomic E-state index is 13.8. The molecule has 0 unspecified atom stereocenters. The van der Waals surface area contributed by atoms with E-state index in [0.29, 0.717) is 24.5 Å². The normalized spacial score (nSPS) is 12.7. The summed E-state index contributed by atoms with van der Waals surface area (Å²) in [6.07, 6.45) is -0.00940. The molecule has 4 rings (SSSR count). The molecule has 0 saturated heterocycles. The van der Waals surface area contributed by atoms with Gasteiger partial charge in [0.2, 0.25) is 10.0 Å². The lowest BCUT2D eigenvalue weighted by molar-refractivity contribution is 0.172. The predicted molar refractivity (Wildman–Crippen MR) is 131 cm³/mol. The van der Waals surface area contributed by atoms with Crippen molar-refractivity contribution in [2.24, 2.45) is 0 Å². The molecule has 0 fully saturated rings. The number of aromatic amines is 1. The van der Waals surface area contributed by atoms with Crippen molar-refractivity contribution in [1.29, 1.82) is 0 Å². The van der Waals surface area contributed by atoms with Crippen molar-refractivity contribution in [1.82, 2.24) is 10.3 Å². The number of hydrogen-bond acceptors (Lipinski definition) is 6. The number of benzene rings is 3. The van der Waals surface area contributed by atoms with Gasteiger partial charge in [0.1, 0.15) is 23.9 Å². The molecule has 8 nitrogen and oxygen atoms in total. The molecular formula is C24H26FN3O5S. The van der Waals surface area contributed by atoms with E-state index in [-0.39, 0.29) is 12.2 Å². The molecule has 1 atom stereocenters. The first-order valence-electron chi connectivity index (χ1n) is 10.6. The molecule has 0 radical (unpaired) electrons. The van der Waals surface area contributed by atoms with Crippen LogP contribution in [0.1, 0.15) is 11.7 Å². The fourth-order valence-electron chi connectivity index (χ4n) is 3.71. The number of aromatic nitrogens is 1. The number of hydrogen-bond donors (Lipinski definition) is 4. The first kappa shape index (κ1) is 23.8. The van der Waals surface area contributed by atoms with Gasteiger partial charge in [0.05, 0.1) is 36.2 Å². The third-order valence-corrected chi connectivity index (χ3v) is 5.92. The minimum atomic E-state index is -3.63. The second-order valence-electron chi connectivity index (χ2n) is 7.93. The molecule has 0 aliphatic carbocycles. The fourth-order valence-corrected chi connectivity index (χ4v) is 4.27. The lowest BCUT2D eigenvalue weighted by atomic mass is 10.1. The summed E-state index contributed by atoms with van der Waals surface area (Å²) in [5.74, 6) is 0.782. The first-order valence-corrected chi connectivity index (χ1v) is 12.5. The summed E-state index contributed by atoms with van der Waals surface area (Å²) in [6, 6.07) is 15.6. The lowest BCUT2D eigenvalue weighted by Crippen LogP contribution is -2.26. The summed E-state index contributed by atoms with van der Waals surface area (Å²) in [7, 11) is -1.99. The Morgan fingerprint density at radius 2 is 1.71 bits per heavy atom. The summed E-state index contributed by atoms with van der Waals surface area (Å²) in [5, 5.41) is 15.6. The second-order valence-corrected chi connectivity index (χ2v) is 9.67. The van der Waals surface area contributed by atoms with Gasteiger partial charge >= 0.3 is 0 Å². The van der Waals surface area contributed by atoms with E-state index in [1.807, 2.05) is 36.4 Å². The molecule has 0 spiro atoms. The minimum absolute atomic E-state index is 0.191. The van der Waals surface area contributed by atoms with E-state index in [1.54, 1.807) is 7.11 Å². The number of anilines is 1. The highest BCUT2D eigenvalue weighted by Gasteiger charge is 2.13. The molecule has 1 aromatic heterocycles. The summed E-state index contributed by atoms with van der Waals surface area (Å²) in [5.41, 5.74) is 2.13. The number of halogens is 1. The molecule has 1 heterocycles. The van der Waals surface area contributed by atoms with Crippen LogP contribution in [0.4, 0.5) is 10.1 Å². The fraction of sp³-hybridized carbons (Fsp3) is 0.250. The van der Waals surface area contributed by atoms with Crippen molar-refractivity contribution in [3.63, 3.8) is 0 Å². The zero-order chi connectivity index (χ0) is 24.3. The maximum Gasteiger partial charge on any atom is 0.229 e. The molecule has 180 valence electrons. The number of fused-ring (bicyclic) bond motifs is 3. The smallest absolute Gasteiger partial charge is 0.229 e. The van der Waals surface area contributed by atoms with Crippen LogP contribution in [0.25, 0.3) is 21.8 Å². The van der Waals surface area contributed by atoms with Crippen LogP contribution >= 0.6 is 0 Å². The molecule has 4 N–H and O–H groups in total. The Labute approximate surface area is 196 Å². The van der Waals surface area contributed by atoms with Crippen LogP contribution < -0.4 is 19.5 Å². The molecule has 34 heavy (non-hydrogen) atoms. The van der Waals surface area contributed by atoms with Crippen molar-refractivity contribution in [3.8, 4) is 11.5 Å². The van der Waals surface area contributed by atoms with E-state index in [0.717, 1.165) is 39.9 Å². The van der Waals surface area contributed by atoms with E-state index in [4.69, 9.17) is 9.47 Å². The zero-order valence-corrected chi connectivity index (χ0v) is 19.6. The Morgan fingerprint density at radius 1 is 1.03 bits per heavy atom. The maximum atomic E-state index is 13.8. The number of nitrogens with one attached hydrogen (secondary N) is 3. The monoisotopic (exact) mass is 487 g/mol. The van der Waals surface area contributed by atoms with Gasteiger partial charge in [-0.2, -0.15) is 0 Å². The highest BCUT2D eigenvalue weighted by Crippen LogP contribution is 2.30. The largest absolute Gasteiger partial charge is 0.497 e. The number of sulfonamides is 1. The highest BCUT2D eigenvalue weighted by molar-refractivity contribution is 7.92. The van der Waals surface area contributed by atoms with Gasteiger partial charge in [-0.3, -0.25) is 4.72 Å². The molecule has 0 amide bonds. The Kier molecular flexibility index (Phi) is 6.92. The number of methoxy groups -OCH3 is 1. The Bertz CT molecular complexity index is 1420. The van der Waals surface area contributed by atoms with E-state index >= 15 is 0 Å². The average molecular weight is 488 g/mol. The van der Waals surface area contributed by atoms with Gasteiger partial charge in [-0.25, -0.2) is 12.8 Å². The molecule has 0 aliphatic rings. The van der Waals surface area contributed by atoms with Gasteiger partial charge in [0.25, 0.3) is 0 Å². The van der Waals surface area contributed by atoms with Crippen LogP contribution in [0, 0.1) is 5.82 Å². The van der Waals surface area contributed by atoms with Crippen LogP contribution in [0.3, 0.4) is 0 Å². The number of H-pyrrole nitrogens is 1. The molecule has 0 aliphatic heterocycles. The Balaban J connectivity index is 1.30. The summed E-state index contributed by atoms with van der Waals surface area (Å²) >= 11 is 0. The quantitative estimate of drug-likeness (QED) is 0.255. The van der Waals surface area contributed by atoms with Crippen LogP contribution in [0.5, 0.6) is 11.5 Å². The standard InChI is InChI=1S/C24H26FN3O5S/c1-32-16-4-6-18-19-7-5-17(13-22(19)27-21(18)12-16)33-10-9-26-14-24(29)15-3-8-20(25)23(11-15)28-34(2,30)31/h3-8,11-13,24,26-29H,9-10,14H2,1-2H3/t24-/m0/s1. The van der Waals surface area contributed by atoms with E-state index in [9.17, 15) is 17.9 Å². The SMILES string of the molecule is COc1ccc2c(c1)[nH]c1cc(OCCNC[C@H](O)c3ccc(F)c(NS(C)(=O)=O)c3)ccc12.